The fourth-order valence-electron chi connectivity index (χ4n) is 4.03. The number of anilines is 1. The molecule has 0 atom stereocenters. The number of hydrogen-bond acceptors (Lipinski definition) is 6. The Morgan fingerprint density at radius 2 is 1.90 bits per heavy atom. The van der Waals surface area contributed by atoms with Crippen LogP contribution in [0.4, 0.5) is 27.6 Å². The van der Waals surface area contributed by atoms with Gasteiger partial charge in [-0.05, 0) is 35.2 Å². The topological polar surface area (TPSA) is 125 Å². The number of aliphatic carboxylic acids is 1. The summed E-state index contributed by atoms with van der Waals surface area (Å²) in [6.45, 7) is 3.09. The molecular weight excluding hydrogens is 589 g/mol. The number of nitrogens with one attached hydrogen (secondary N) is 3. The first-order chi connectivity index (χ1) is 19.7. The lowest BCUT2D eigenvalue weighted by atomic mass is 9.95. The summed E-state index contributed by atoms with van der Waals surface area (Å²) in [6, 6.07) is 4.50. The van der Waals surface area contributed by atoms with E-state index in [0.717, 1.165) is 24.5 Å². The summed E-state index contributed by atoms with van der Waals surface area (Å²) < 4.78 is 79.6. The third-order valence-corrected chi connectivity index (χ3v) is 6.23. The third-order valence-electron chi connectivity index (χ3n) is 5.86. The molecule has 224 valence electrons. The summed E-state index contributed by atoms with van der Waals surface area (Å²) in [7, 11) is 0. The van der Waals surface area contributed by atoms with Crippen molar-refractivity contribution >= 4 is 35.4 Å². The van der Waals surface area contributed by atoms with Crippen LogP contribution < -0.4 is 15.4 Å². The molecule has 0 unspecified atom stereocenters. The summed E-state index contributed by atoms with van der Waals surface area (Å²) in [4.78, 5) is 24.7. The van der Waals surface area contributed by atoms with Gasteiger partial charge in [-0.3, -0.25) is 9.59 Å². The second-order valence-electron chi connectivity index (χ2n) is 9.19. The average Bonchev–Trinajstić information content (AvgIpc) is 3.42. The fraction of sp³-hybridized carbons (Fsp3) is 0.250. The van der Waals surface area contributed by atoms with Gasteiger partial charge < -0.3 is 30.3 Å². The van der Waals surface area contributed by atoms with Crippen molar-refractivity contribution in [3.05, 3.63) is 81.9 Å². The van der Waals surface area contributed by atoms with Crippen molar-refractivity contribution in [1.82, 2.24) is 5.32 Å². The highest BCUT2D eigenvalue weighted by Crippen LogP contribution is 2.40. The van der Waals surface area contributed by atoms with Gasteiger partial charge in [-0.1, -0.05) is 25.4 Å². The van der Waals surface area contributed by atoms with E-state index in [9.17, 15) is 36.6 Å². The Bertz CT molecular complexity index is 1500. The van der Waals surface area contributed by atoms with E-state index in [1.54, 1.807) is 13.8 Å². The van der Waals surface area contributed by atoms with Crippen molar-refractivity contribution in [1.29, 1.82) is 5.41 Å². The lowest BCUT2D eigenvalue weighted by Gasteiger charge is -2.21. The molecule has 0 bridgehead atoms. The van der Waals surface area contributed by atoms with E-state index in [1.165, 1.54) is 12.3 Å². The Hall–Kier alpha value is -4.39. The van der Waals surface area contributed by atoms with E-state index >= 15 is 0 Å². The van der Waals surface area contributed by atoms with E-state index in [0.29, 0.717) is 12.3 Å². The molecule has 0 saturated heterocycles. The monoisotopic (exact) mass is 613 g/mol. The third kappa shape index (κ3) is 7.87. The van der Waals surface area contributed by atoms with Gasteiger partial charge in [-0.15, -0.1) is 0 Å². The summed E-state index contributed by atoms with van der Waals surface area (Å²) >= 11 is 5.77. The second kappa shape index (κ2) is 13.5. The summed E-state index contributed by atoms with van der Waals surface area (Å²) in [5, 5.41) is 21.7. The van der Waals surface area contributed by atoms with E-state index in [4.69, 9.17) is 26.2 Å². The maximum absolute atomic E-state index is 14.1. The lowest BCUT2D eigenvalue weighted by molar-refractivity contribution is -0.137. The van der Waals surface area contributed by atoms with Crippen LogP contribution in [0.25, 0.3) is 11.1 Å². The number of furan rings is 1. The van der Waals surface area contributed by atoms with Gasteiger partial charge in [0.05, 0.1) is 35.8 Å². The molecule has 0 fully saturated rings. The number of carboxylic acids is 1. The number of carboxylic acid groups (broad SMARTS) is 1. The summed E-state index contributed by atoms with van der Waals surface area (Å²) in [5.41, 5.74) is -1.93. The number of allylic oxidation sites excluding steroid dienone is 1. The van der Waals surface area contributed by atoms with Crippen LogP contribution in [0, 0.1) is 23.0 Å². The smallest absolute Gasteiger partial charge is 0.418 e. The van der Waals surface area contributed by atoms with Gasteiger partial charge in [0.2, 0.25) is 0 Å². The first-order valence-electron chi connectivity index (χ1n) is 12.3. The summed E-state index contributed by atoms with van der Waals surface area (Å²) in [5.74, 6) is -5.00. The molecule has 1 aromatic heterocycles. The lowest BCUT2D eigenvalue weighted by Crippen LogP contribution is -2.29. The zero-order valence-corrected chi connectivity index (χ0v) is 22.9. The van der Waals surface area contributed by atoms with Gasteiger partial charge in [0.15, 0.2) is 0 Å². The van der Waals surface area contributed by atoms with E-state index < -0.39 is 58.3 Å². The van der Waals surface area contributed by atoms with Crippen molar-refractivity contribution in [3.63, 3.8) is 0 Å². The van der Waals surface area contributed by atoms with E-state index in [-0.39, 0.29) is 46.9 Å². The highest BCUT2D eigenvalue weighted by Gasteiger charge is 2.36. The van der Waals surface area contributed by atoms with Gasteiger partial charge in [0, 0.05) is 36.2 Å². The Labute approximate surface area is 241 Å². The summed E-state index contributed by atoms with van der Waals surface area (Å²) in [6.07, 6.45) is -2.54. The number of rotatable bonds is 12. The number of ether oxygens (including phenoxy) is 1. The molecule has 0 aliphatic carbocycles. The number of amides is 1. The molecule has 1 amide bonds. The Morgan fingerprint density at radius 3 is 2.48 bits per heavy atom. The number of alkyl halides is 3. The standard InChI is InChI=1S/C28H25ClF5N3O5/c1-14(2)26(36-4-6-42-23-10-17(30)9-21(31)25(23)29)19(12-35)27(40)37-22-7-16(8-24(38)39)18(15-3-5-41-13-15)11-20(22)28(32,33)34/h3,5,7,9-14,35-36H,4,6,8H2,1-2H3,(H,37,40)(H,38,39)/b26-19+,35-12?. The molecule has 0 radical (unpaired) electrons. The average molecular weight is 614 g/mol. The molecule has 4 N–H and O–H groups in total. The quantitative estimate of drug-likeness (QED) is 0.0593. The fourth-order valence-corrected chi connectivity index (χ4v) is 4.19. The number of halogens is 6. The normalized spacial score (nSPS) is 12.1. The van der Waals surface area contributed by atoms with Crippen molar-refractivity contribution in [2.45, 2.75) is 26.4 Å². The second-order valence-corrected chi connectivity index (χ2v) is 9.57. The molecule has 2 aromatic carbocycles. The predicted octanol–water partition coefficient (Wildman–Crippen LogP) is 6.69. The predicted molar refractivity (Wildman–Crippen MR) is 145 cm³/mol. The van der Waals surface area contributed by atoms with Crippen molar-refractivity contribution < 1.29 is 45.8 Å². The number of benzene rings is 2. The van der Waals surface area contributed by atoms with Gasteiger partial charge in [0.25, 0.3) is 5.91 Å². The SMILES string of the molecule is CC(C)/C(NCCOc1cc(F)cc(F)c1Cl)=C(/C=N)C(=O)Nc1cc(CC(=O)O)c(-c2ccoc2)cc1C(F)(F)F. The van der Waals surface area contributed by atoms with Crippen LogP contribution in [-0.4, -0.2) is 36.3 Å². The molecular formula is C28H25ClF5N3O5. The number of hydrogen-bond donors (Lipinski definition) is 4. The molecule has 14 heteroatoms. The minimum Gasteiger partial charge on any atom is -0.490 e. The molecule has 0 aliphatic heterocycles. The van der Waals surface area contributed by atoms with E-state index in [1.807, 2.05) is 0 Å². The van der Waals surface area contributed by atoms with Crippen molar-refractivity contribution in [2.24, 2.45) is 5.92 Å². The minimum atomic E-state index is -4.94. The van der Waals surface area contributed by atoms with Gasteiger partial charge in [0.1, 0.15) is 29.0 Å². The molecule has 3 aromatic rings. The first-order valence-corrected chi connectivity index (χ1v) is 12.7. The van der Waals surface area contributed by atoms with Crippen LogP contribution in [0.2, 0.25) is 5.02 Å². The molecule has 0 spiro atoms. The highest BCUT2D eigenvalue weighted by atomic mass is 35.5. The maximum Gasteiger partial charge on any atom is 0.418 e. The minimum absolute atomic E-state index is 0.0145. The maximum atomic E-state index is 14.1. The number of carbonyl (C=O) groups excluding carboxylic acids is 1. The zero-order valence-electron chi connectivity index (χ0n) is 22.2. The largest absolute Gasteiger partial charge is 0.490 e. The Balaban J connectivity index is 1.91. The van der Waals surface area contributed by atoms with Gasteiger partial charge >= 0.3 is 12.1 Å². The highest BCUT2D eigenvalue weighted by molar-refractivity contribution is 6.32. The van der Waals surface area contributed by atoms with Gasteiger partial charge in [-0.25, -0.2) is 8.78 Å². The zero-order chi connectivity index (χ0) is 31.2. The van der Waals surface area contributed by atoms with Gasteiger partial charge in [-0.2, -0.15) is 13.2 Å². The van der Waals surface area contributed by atoms with Crippen LogP contribution >= 0.6 is 11.6 Å². The van der Waals surface area contributed by atoms with Crippen LogP contribution in [0.1, 0.15) is 25.0 Å². The Morgan fingerprint density at radius 1 is 1.19 bits per heavy atom. The molecule has 3 rings (SSSR count). The molecule has 42 heavy (non-hydrogen) atoms. The first kappa shape index (κ1) is 32.1. The molecule has 1 heterocycles. The molecule has 0 aliphatic rings. The van der Waals surface area contributed by atoms with E-state index in [2.05, 4.69) is 10.6 Å². The van der Waals surface area contributed by atoms with Crippen molar-refractivity contribution in [3.8, 4) is 16.9 Å². The molecule has 0 saturated carbocycles. The van der Waals surface area contributed by atoms with Crippen LogP contribution in [0.5, 0.6) is 5.75 Å². The van der Waals surface area contributed by atoms with Crippen LogP contribution in [-0.2, 0) is 22.2 Å². The van der Waals surface area contributed by atoms with Crippen LogP contribution in [0.3, 0.4) is 0 Å². The molecule has 8 nitrogen and oxygen atoms in total. The van der Waals surface area contributed by atoms with Crippen LogP contribution in [0.15, 0.2) is 58.5 Å². The number of carbonyl (C=O) groups is 2. The van der Waals surface area contributed by atoms with Crippen molar-refractivity contribution in [2.75, 3.05) is 18.5 Å². The Kier molecular flexibility index (Phi) is 10.3.